The number of fused-ring (bicyclic) bond motifs is 1. The van der Waals surface area contributed by atoms with E-state index in [0.29, 0.717) is 35.7 Å². The third-order valence-corrected chi connectivity index (χ3v) is 5.48. The number of carbonyl (C=O) groups is 1. The van der Waals surface area contributed by atoms with Gasteiger partial charge in [0.05, 0.1) is 44.5 Å². The predicted molar refractivity (Wildman–Crippen MR) is 110 cm³/mol. The fourth-order valence-electron chi connectivity index (χ4n) is 3.92. The Labute approximate surface area is 170 Å². The molecule has 0 saturated carbocycles. The first-order chi connectivity index (χ1) is 14.0. The maximum absolute atomic E-state index is 12.9. The Hall–Kier alpha value is -3.28. The molecule has 1 aliphatic carbocycles. The van der Waals surface area contributed by atoms with Crippen LogP contribution in [0.4, 0.5) is 0 Å². The Kier molecular flexibility index (Phi) is 5.01. The molecule has 0 saturated heterocycles. The summed E-state index contributed by atoms with van der Waals surface area (Å²) >= 11 is 0. The largest absolute Gasteiger partial charge is 0.493 e. The van der Waals surface area contributed by atoms with Gasteiger partial charge in [0.15, 0.2) is 17.3 Å². The maximum Gasteiger partial charge on any atom is 0.203 e. The molecule has 150 valence electrons. The Bertz CT molecular complexity index is 1030. The van der Waals surface area contributed by atoms with Gasteiger partial charge in [-0.15, -0.1) is 0 Å². The first kappa shape index (κ1) is 19.1. The van der Waals surface area contributed by atoms with Crippen molar-refractivity contribution in [2.45, 2.75) is 25.7 Å². The molecule has 29 heavy (non-hydrogen) atoms. The van der Waals surface area contributed by atoms with E-state index >= 15 is 0 Å². The highest BCUT2D eigenvalue weighted by Gasteiger charge is 2.31. The molecular weight excluding hydrogens is 368 g/mol. The van der Waals surface area contributed by atoms with Gasteiger partial charge in [0.2, 0.25) is 5.75 Å². The lowest BCUT2D eigenvalue weighted by Crippen LogP contribution is -2.20. The first-order valence-corrected chi connectivity index (χ1v) is 9.52. The lowest BCUT2D eigenvalue weighted by atomic mass is 9.82. The van der Waals surface area contributed by atoms with E-state index < -0.39 is 0 Å². The van der Waals surface area contributed by atoms with Crippen LogP contribution in [0.2, 0.25) is 0 Å². The van der Waals surface area contributed by atoms with Gasteiger partial charge in [-0.3, -0.25) is 4.79 Å². The third kappa shape index (κ3) is 3.35. The van der Waals surface area contributed by atoms with Crippen molar-refractivity contribution in [1.29, 1.82) is 0 Å². The number of ketones is 1. The van der Waals surface area contributed by atoms with Gasteiger partial charge in [-0.2, -0.15) is 5.10 Å². The van der Waals surface area contributed by atoms with Gasteiger partial charge in [0.25, 0.3) is 0 Å². The van der Waals surface area contributed by atoms with Crippen molar-refractivity contribution in [2.24, 2.45) is 0 Å². The Morgan fingerprint density at radius 2 is 1.62 bits per heavy atom. The number of hydrogen-bond donors (Lipinski definition) is 0. The Balaban J connectivity index is 1.75. The van der Waals surface area contributed by atoms with Gasteiger partial charge >= 0.3 is 0 Å². The summed E-state index contributed by atoms with van der Waals surface area (Å²) in [6, 6.07) is 12.0. The normalized spacial score (nSPS) is 15.7. The third-order valence-electron chi connectivity index (χ3n) is 5.48. The molecule has 1 aliphatic rings. The first-order valence-electron chi connectivity index (χ1n) is 9.52. The van der Waals surface area contributed by atoms with Crippen LogP contribution >= 0.6 is 0 Å². The van der Waals surface area contributed by atoms with E-state index in [4.69, 9.17) is 14.2 Å². The van der Waals surface area contributed by atoms with Crippen molar-refractivity contribution in [3.05, 3.63) is 65.0 Å². The minimum Gasteiger partial charge on any atom is -0.493 e. The summed E-state index contributed by atoms with van der Waals surface area (Å²) in [7, 11) is 4.77. The summed E-state index contributed by atoms with van der Waals surface area (Å²) in [6.07, 6.45) is 2.81. The zero-order chi connectivity index (χ0) is 20.5. The smallest absolute Gasteiger partial charge is 0.203 e. The molecule has 4 rings (SSSR count). The Morgan fingerprint density at radius 3 is 2.21 bits per heavy atom. The molecule has 0 fully saturated rings. The fraction of sp³-hybridized carbons (Fsp3) is 0.304. The molecule has 3 aromatic rings. The fourth-order valence-corrected chi connectivity index (χ4v) is 3.92. The number of Topliss-reactive ketones (excluding diaryl/α,β-unsaturated/α-hetero) is 1. The number of rotatable bonds is 5. The number of methoxy groups -OCH3 is 3. The standard InChI is InChI=1S/C23H24N2O4/c1-14-5-7-17(8-6-14)25-19-9-15(10-20(26)18(19)13-24-25)16-11-21(27-2)23(29-4)22(12-16)28-3/h5-8,11-13,15H,9-10H2,1-4H3/t15-/m0/s1. The maximum atomic E-state index is 12.9. The van der Waals surface area contributed by atoms with Gasteiger partial charge in [-0.25, -0.2) is 4.68 Å². The monoisotopic (exact) mass is 392 g/mol. The van der Waals surface area contributed by atoms with Crippen LogP contribution in [0.25, 0.3) is 5.69 Å². The highest BCUT2D eigenvalue weighted by molar-refractivity contribution is 5.98. The molecule has 2 aromatic carbocycles. The number of aryl methyl sites for hydroxylation is 1. The van der Waals surface area contributed by atoms with Crippen molar-refractivity contribution >= 4 is 5.78 Å². The molecule has 0 amide bonds. The molecule has 0 radical (unpaired) electrons. The van der Waals surface area contributed by atoms with Crippen LogP contribution in [0.15, 0.2) is 42.6 Å². The van der Waals surface area contributed by atoms with E-state index in [0.717, 1.165) is 16.9 Å². The molecule has 0 N–H and O–H groups in total. The Morgan fingerprint density at radius 1 is 0.966 bits per heavy atom. The van der Waals surface area contributed by atoms with Crippen molar-refractivity contribution in [2.75, 3.05) is 21.3 Å². The van der Waals surface area contributed by atoms with E-state index in [9.17, 15) is 4.79 Å². The van der Waals surface area contributed by atoms with Crippen molar-refractivity contribution in [3.8, 4) is 22.9 Å². The van der Waals surface area contributed by atoms with Gasteiger partial charge in [-0.1, -0.05) is 17.7 Å². The topological polar surface area (TPSA) is 62.6 Å². The molecule has 6 nitrogen and oxygen atoms in total. The van der Waals surface area contributed by atoms with Crippen LogP contribution in [0.3, 0.4) is 0 Å². The second-order valence-corrected chi connectivity index (χ2v) is 7.24. The molecule has 1 atom stereocenters. The van der Waals surface area contributed by atoms with Crippen LogP contribution < -0.4 is 14.2 Å². The highest BCUT2D eigenvalue weighted by atomic mass is 16.5. The summed E-state index contributed by atoms with van der Waals surface area (Å²) < 4.78 is 18.3. The number of hydrogen-bond acceptors (Lipinski definition) is 5. The number of nitrogens with zero attached hydrogens (tertiary/aromatic N) is 2. The van der Waals surface area contributed by atoms with E-state index in [1.807, 2.05) is 48.0 Å². The van der Waals surface area contributed by atoms with Gasteiger partial charge in [0, 0.05) is 6.42 Å². The summed E-state index contributed by atoms with van der Waals surface area (Å²) in [6.45, 7) is 2.05. The zero-order valence-electron chi connectivity index (χ0n) is 17.1. The molecule has 1 heterocycles. The summed E-state index contributed by atoms with van der Waals surface area (Å²) in [4.78, 5) is 12.9. The highest BCUT2D eigenvalue weighted by Crippen LogP contribution is 2.43. The van der Waals surface area contributed by atoms with E-state index in [-0.39, 0.29) is 11.7 Å². The molecule has 0 spiro atoms. The van der Waals surface area contributed by atoms with E-state index in [1.54, 1.807) is 27.5 Å². The van der Waals surface area contributed by atoms with Crippen molar-refractivity contribution in [1.82, 2.24) is 9.78 Å². The van der Waals surface area contributed by atoms with Gasteiger partial charge in [0.1, 0.15) is 0 Å². The van der Waals surface area contributed by atoms with Crippen LogP contribution in [0.1, 0.15) is 39.5 Å². The zero-order valence-corrected chi connectivity index (χ0v) is 17.1. The predicted octanol–water partition coefficient (Wildman–Crippen LogP) is 4.12. The summed E-state index contributed by atoms with van der Waals surface area (Å²) in [5.41, 5.74) is 4.75. The van der Waals surface area contributed by atoms with Crippen LogP contribution in [-0.4, -0.2) is 36.9 Å². The average Bonchev–Trinajstić information content (AvgIpc) is 3.17. The summed E-state index contributed by atoms with van der Waals surface area (Å²) in [5, 5.41) is 4.50. The molecule has 0 bridgehead atoms. The van der Waals surface area contributed by atoms with Crippen LogP contribution in [-0.2, 0) is 6.42 Å². The second kappa shape index (κ2) is 7.62. The summed E-state index contributed by atoms with van der Waals surface area (Å²) in [5.74, 6) is 1.83. The van der Waals surface area contributed by atoms with Crippen LogP contribution in [0.5, 0.6) is 17.2 Å². The number of aromatic nitrogens is 2. The SMILES string of the molecule is COc1cc([C@@H]2CC(=O)c3cnn(-c4ccc(C)cc4)c3C2)cc(OC)c1OC. The molecule has 0 aliphatic heterocycles. The lowest BCUT2D eigenvalue weighted by molar-refractivity contribution is 0.0963. The minimum absolute atomic E-state index is 0.00426. The molecule has 0 unspecified atom stereocenters. The number of carbonyl (C=O) groups excluding carboxylic acids is 1. The van der Waals surface area contributed by atoms with Gasteiger partial charge < -0.3 is 14.2 Å². The van der Waals surface area contributed by atoms with Crippen LogP contribution in [0, 0.1) is 6.92 Å². The number of benzene rings is 2. The molecular formula is C23H24N2O4. The second-order valence-electron chi connectivity index (χ2n) is 7.24. The molecule has 6 heteroatoms. The average molecular weight is 392 g/mol. The quantitative estimate of drug-likeness (QED) is 0.654. The number of ether oxygens (including phenoxy) is 3. The van der Waals surface area contributed by atoms with Crippen molar-refractivity contribution < 1.29 is 19.0 Å². The lowest BCUT2D eigenvalue weighted by Gasteiger charge is -2.24. The van der Waals surface area contributed by atoms with E-state index in [1.165, 1.54) is 5.56 Å². The van der Waals surface area contributed by atoms with Gasteiger partial charge in [-0.05, 0) is 49.1 Å². The van der Waals surface area contributed by atoms with Crippen molar-refractivity contribution in [3.63, 3.8) is 0 Å². The van der Waals surface area contributed by atoms with E-state index in [2.05, 4.69) is 5.10 Å². The minimum atomic E-state index is 0.00426. The molecule has 1 aromatic heterocycles.